The Bertz CT molecular complexity index is 189. The fraction of sp³-hybridized carbons (Fsp3) is 0.727. The van der Waals surface area contributed by atoms with Gasteiger partial charge in [-0.1, -0.05) is 25.5 Å². The molecule has 0 fully saturated rings. The number of ketones is 1. The van der Waals surface area contributed by atoms with Crippen molar-refractivity contribution in [1.29, 1.82) is 0 Å². The van der Waals surface area contributed by atoms with Crippen LogP contribution in [-0.2, 0) is 4.79 Å². The second-order valence-electron chi connectivity index (χ2n) is 4.04. The Hall–Kier alpha value is -0.590. The molecule has 0 atom stereocenters. The predicted molar refractivity (Wildman–Crippen MR) is 51.0 cm³/mol. The van der Waals surface area contributed by atoms with E-state index in [0.29, 0.717) is 12.2 Å². The number of allylic oxidation sites excluding steroid dienone is 2. The van der Waals surface area contributed by atoms with Crippen LogP contribution in [-0.4, -0.2) is 5.78 Å². The molecular weight excluding hydrogens is 148 g/mol. The van der Waals surface area contributed by atoms with E-state index in [9.17, 15) is 4.79 Å². The van der Waals surface area contributed by atoms with Crippen LogP contribution < -0.4 is 0 Å². The van der Waals surface area contributed by atoms with E-state index < -0.39 is 0 Å². The Morgan fingerprint density at radius 2 is 2.17 bits per heavy atom. The molecule has 0 saturated carbocycles. The quantitative estimate of drug-likeness (QED) is 0.589. The summed E-state index contributed by atoms with van der Waals surface area (Å²) in [5.74, 6) is 1.19. The van der Waals surface area contributed by atoms with E-state index in [2.05, 4.69) is 19.9 Å². The van der Waals surface area contributed by atoms with E-state index in [4.69, 9.17) is 0 Å². The topological polar surface area (TPSA) is 17.1 Å². The molecule has 1 rings (SSSR count). The van der Waals surface area contributed by atoms with Gasteiger partial charge in [0.15, 0.2) is 0 Å². The van der Waals surface area contributed by atoms with Crippen molar-refractivity contribution < 1.29 is 4.79 Å². The molecule has 0 radical (unpaired) electrons. The molecule has 1 aliphatic carbocycles. The average Bonchev–Trinajstić information content (AvgIpc) is 2.03. The molecule has 1 heteroatoms. The van der Waals surface area contributed by atoms with Crippen LogP contribution in [0.3, 0.4) is 0 Å². The van der Waals surface area contributed by atoms with E-state index in [1.807, 2.05) is 0 Å². The fourth-order valence-corrected chi connectivity index (χ4v) is 1.46. The van der Waals surface area contributed by atoms with Crippen molar-refractivity contribution in [2.75, 3.05) is 0 Å². The predicted octanol–water partition coefficient (Wildman–Crippen LogP) is 3.10. The van der Waals surface area contributed by atoms with E-state index in [-0.39, 0.29) is 0 Å². The van der Waals surface area contributed by atoms with Gasteiger partial charge in [-0.15, -0.1) is 0 Å². The van der Waals surface area contributed by atoms with Crippen molar-refractivity contribution in [3.63, 3.8) is 0 Å². The highest BCUT2D eigenvalue weighted by atomic mass is 16.1. The van der Waals surface area contributed by atoms with Gasteiger partial charge in [0.05, 0.1) is 0 Å². The average molecular weight is 166 g/mol. The molecule has 0 heterocycles. The lowest BCUT2D eigenvalue weighted by atomic mass is 9.93. The summed E-state index contributed by atoms with van der Waals surface area (Å²) < 4.78 is 0. The van der Waals surface area contributed by atoms with E-state index in [1.54, 1.807) is 0 Å². The van der Waals surface area contributed by atoms with Gasteiger partial charge in [0.1, 0.15) is 5.78 Å². The molecule has 0 aliphatic heterocycles. The molecule has 0 spiro atoms. The summed E-state index contributed by atoms with van der Waals surface area (Å²) in [6, 6.07) is 0. The number of carbonyl (C=O) groups is 1. The summed E-state index contributed by atoms with van der Waals surface area (Å²) in [6.45, 7) is 4.49. The molecule has 0 unspecified atom stereocenters. The lowest BCUT2D eigenvalue weighted by Crippen LogP contribution is -2.04. The minimum absolute atomic E-state index is 0.406. The highest BCUT2D eigenvalue weighted by molar-refractivity contribution is 5.81. The lowest BCUT2D eigenvalue weighted by Gasteiger charge is -2.12. The maximum Gasteiger partial charge on any atom is 0.136 e. The summed E-state index contributed by atoms with van der Waals surface area (Å²) in [6.07, 6.45) is 7.09. The molecule has 0 saturated heterocycles. The van der Waals surface area contributed by atoms with Gasteiger partial charge in [-0.05, 0) is 25.2 Å². The SMILES string of the molecule is CC(C)CCC1=CCC(=O)CC1. The van der Waals surface area contributed by atoms with Crippen LogP contribution in [0.1, 0.15) is 46.0 Å². The highest BCUT2D eigenvalue weighted by Crippen LogP contribution is 2.21. The van der Waals surface area contributed by atoms with Crippen molar-refractivity contribution in [1.82, 2.24) is 0 Å². The number of hydrogen-bond acceptors (Lipinski definition) is 1. The normalized spacial score (nSPS) is 18.2. The third-order valence-corrected chi connectivity index (χ3v) is 2.39. The van der Waals surface area contributed by atoms with Crippen LogP contribution in [0.5, 0.6) is 0 Å². The Balaban J connectivity index is 2.29. The fourth-order valence-electron chi connectivity index (χ4n) is 1.46. The van der Waals surface area contributed by atoms with Crippen LogP contribution in [0.25, 0.3) is 0 Å². The Labute approximate surface area is 74.9 Å². The van der Waals surface area contributed by atoms with Crippen molar-refractivity contribution in [2.45, 2.75) is 46.0 Å². The second-order valence-corrected chi connectivity index (χ2v) is 4.04. The summed E-state index contributed by atoms with van der Waals surface area (Å²) in [5, 5.41) is 0. The van der Waals surface area contributed by atoms with Gasteiger partial charge < -0.3 is 0 Å². The third-order valence-electron chi connectivity index (χ3n) is 2.39. The van der Waals surface area contributed by atoms with Crippen LogP contribution in [0.4, 0.5) is 0 Å². The first-order valence-electron chi connectivity index (χ1n) is 4.88. The van der Waals surface area contributed by atoms with Gasteiger partial charge in [-0.25, -0.2) is 0 Å². The summed E-state index contributed by atoms with van der Waals surface area (Å²) in [4.78, 5) is 10.9. The summed E-state index contributed by atoms with van der Waals surface area (Å²) in [7, 11) is 0. The second kappa shape index (κ2) is 4.44. The molecule has 1 aliphatic rings. The molecule has 0 amide bonds. The summed E-state index contributed by atoms with van der Waals surface area (Å²) >= 11 is 0. The first-order valence-corrected chi connectivity index (χ1v) is 4.88. The first-order chi connectivity index (χ1) is 5.68. The zero-order chi connectivity index (χ0) is 8.97. The van der Waals surface area contributed by atoms with E-state index >= 15 is 0 Å². The maximum atomic E-state index is 10.9. The zero-order valence-corrected chi connectivity index (χ0v) is 8.10. The largest absolute Gasteiger partial charge is 0.299 e. The molecule has 12 heavy (non-hydrogen) atoms. The first kappa shape index (κ1) is 9.50. The van der Waals surface area contributed by atoms with Crippen molar-refractivity contribution in [3.05, 3.63) is 11.6 Å². The minimum Gasteiger partial charge on any atom is -0.299 e. The van der Waals surface area contributed by atoms with Crippen LogP contribution in [0, 0.1) is 5.92 Å². The molecule has 0 N–H and O–H groups in total. The molecule has 1 nitrogen and oxygen atoms in total. The Kier molecular flexibility index (Phi) is 3.51. The van der Waals surface area contributed by atoms with E-state index in [0.717, 1.165) is 18.8 Å². The van der Waals surface area contributed by atoms with Gasteiger partial charge >= 0.3 is 0 Å². The van der Waals surface area contributed by atoms with Crippen molar-refractivity contribution in [3.8, 4) is 0 Å². The number of rotatable bonds is 3. The standard InChI is InChI=1S/C11H18O/c1-9(2)3-4-10-5-7-11(12)8-6-10/h5,9H,3-4,6-8H2,1-2H3. The van der Waals surface area contributed by atoms with Gasteiger partial charge in [0.2, 0.25) is 0 Å². The number of hydrogen-bond donors (Lipinski definition) is 0. The summed E-state index contributed by atoms with van der Waals surface area (Å²) in [5.41, 5.74) is 1.50. The van der Waals surface area contributed by atoms with Crippen molar-refractivity contribution in [2.24, 2.45) is 5.92 Å². The molecule has 68 valence electrons. The number of carbonyl (C=O) groups excluding carboxylic acids is 1. The Morgan fingerprint density at radius 3 is 2.67 bits per heavy atom. The van der Waals surface area contributed by atoms with Gasteiger partial charge in [0.25, 0.3) is 0 Å². The maximum absolute atomic E-state index is 10.9. The van der Waals surface area contributed by atoms with Gasteiger partial charge in [-0.2, -0.15) is 0 Å². The van der Waals surface area contributed by atoms with Gasteiger partial charge in [-0.3, -0.25) is 4.79 Å². The van der Waals surface area contributed by atoms with Gasteiger partial charge in [0, 0.05) is 12.8 Å². The monoisotopic (exact) mass is 166 g/mol. The van der Waals surface area contributed by atoms with Crippen LogP contribution in [0.2, 0.25) is 0 Å². The van der Waals surface area contributed by atoms with Crippen LogP contribution >= 0.6 is 0 Å². The minimum atomic E-state index is 0.406. The Morgan fingerprint density at radius 1 is 1.42 bits per heavy atom. The molecule has 0 bridgehead atoms. The van der Waals surface area contributed by atoms with Crippen molar-refractivity contribution >= 4 is 5.78 Å². The molecule has 0 aromatic carbocycles. The molecule has 0 aromatic heterocycles. The van der Waals surface area contributed by atoms with E-state index in [1.165, 1.54) is 18.4 Å². The molecular formula is C11H18O. The lowest BCUT2D eigenvalue weighted by molar-refractivity contribution is -0.118. The molecule has 0 aromatic rings. The zero-order valence-electron chi connectivity index (χ0n) is 8.10. The number of Topliss-reactive ketones (excluding diaryl/α,β-unsaturated/α-hetero) is 1. The highest BCUT2D eigenvalue weighted by Gasteiger charge is 2.09. The third kappa shape index (κ3) is 3.21. The van der Waals surface area contributed by atoms with Crippen LogP contribution in [0.15, 0.2) is 11.6 Å². The smallest absolute Gasteiger partial charge is 0.136 e.